The minimum atomic E-state index is -0.342. The number of urea groups is 1. The van der Waals surface area contributed by atoms with E-state index in [1.165, 1.54) is 17.7 Å². The van der Waals surface area contributed by atoms with Crippen LogP contribution >= 0.6 is 0 Å². The Morgan fingerprint density at radius 1 is 1.16 bits per heavy atom. The van der Waals surface area contributed by atoms with Crippen LogP contribution in [0, 0.1) is 6.92 Å². The second-order valence-corrected chi connectivity index (χ2v) is 7.65. The highest BCUT2D eigenvalue weighted by Gasteiger charge is 2.09. The summed E-state index contributed by atoms with van der Waals surface area (Å²) in [6, 6.07) is 10.6. The van der Waals surface area contributed by atoms with E-state index in [9.17, 15) is 14.4 Å². The monoisotopic (exact) mass is 440 g/mol. The molecule has 0 unspecified atom stereocenters. The van der Waals surface area contributed by atoms with Gasteiger partial charge in [-0.25, -0.2) is 9.89 Å². The van der Waals surface area contributed by atoms with Crippen molar-refractivity contribution >= 4 is 22.8 Å². The number of amides is 3. The first-order chi connectivity index (χ1) is 15.4. The number of nitrogens with one attached hydrogen (secondary N) is 5. The fraction of sp³-hybridized carbons (Fsp3) is 0.364. The molecule has 2 aromatic heterocycles. The fourth-order valence-electron chi connectivity index (χ4n) is 3.17. The predicted molar refractivity (Wildman–Crippen MR) is 120 cm³/mol. The maximum absolute atomic E-state index is 12.1. The van der Waals surface area contributed by atoms with Gasteiger partial charge in [-0.2, -0.15) is 0 Å². The van der Waals surface area contributed by atoms with Crippen molar-refractivity contribution in [1.29, 1.82) is 0 Å². The predicted octanol–water partition coefficient (Wildman–Crippen LogP) is 1.72. The molecule has 0 saturated carbocycles. The molecule has 2 heterocycles. The Morgan fingerprint density at radius 2 is 2.00 bits per heavy atom. The van der Waals surface area contributed by atoms with Gasteiger partial charge in [0.15, 0.2) is 6.61 Å². The Bertz CT molecular complexity index is 1100. The molecule has 1 atom stereocenters. The van der Waals surface area contributed by atoms with Crippen molar-refractivity contribution in [2.75, 3.05) is 13.2 Å². The molecule has 1 aromatic carbocycles. The van der Waals surface area contributed by atoms with Crippen molar-refractivity contribution in [1.82, 2.24) is 31.1 Å². The number of aryl methyl sites for hydroxylation is 1. The van der Waals surface area contributed by atoms with Gasteiger partial charge in [-0.3, -0.25) is 9.59 Å². The van der Waals surface area contributed by atoms with E-state index in [1.54, 1.807) is 0 Å². The van der Waals surface area contributed by atoms with Crippen molar-refractivity contribution < 1.29 is 14.3 Å². The lowest BCUT2D eigenvalue weighted by Crippen LogP contribution is -2.40. The molecule has 3 amide bonds. The average molecular weight is 441 g/mol. The van der Waals surface area contributed by atoms with Gasteiger partial charge in [0, 0.05) is 35.9 Å². The summed E-state index contributed by atoms with van der Waals surface area (Å²) in [5.74, 6) is -0.115. The van der Waals surface area contributed by atoms with Crippen molar-refractivity contribution in [3.63, 3.8) is 0 Å². The van der Waals surface area contributed by atoms with E-state index in [0.717, 1.165) is 16.6 Å². The van der Waals surface area contributed by atoms with E-state index in [-0.39, 0.29) is 36.0 Å². The molecule has 0 saturated heterocycles. The lowest BCUT2D eigenvalue weighted by molar-refractivity contribution is -0.123. The van der Waals surface area contributed by atoms with Crippen LogP contribution in [-0.2, 0) is 11.3 Å². The Hall–Kier alpha value is -3.82. The number of carbonyl (C=O) groups excluding carboxylic acids is 2. The van der Waals surface area contributed by atoms with Gasteiger partial charge in [-0.05, 0) is 50.3 Å². The number of rotatable bonds is 10. The Labute approximate surface area is 185 Å². The molecule has 0 aliphatic rings. The second kappa shape index (κ2) is 11.0. The molecular formula is C22H28N6O4. The van der Waals surface area contributed by atoms with Crippen LogP contribution in [0.4, 0.5) is 4.79 Å². The number of ether oxygens (including phenoxy) is 1. The van der Waals surface area contributed by atoms with Gasteiger partial charge in [0.1, 0.15) is 0 Å². The lowest BCUT2D eigenvalue weighted by atomic mass is 10.2. The normalized spacial score (nSPS) is 11.7. The smallest absolute Gasteiger partial charge is 0.315 e. The van der Waals surface area contributed by atoms with E-state index in [1.807, 2.05) is 32.0 Å². The molecular weight excluding hydrogens is 412 g/mol. The van der Waals surface area contributed by atoms with E-state index >= 15 is 0 Å². The highest BCUT2D eigenvalue weighted by Crippen LogP contribution is 2.16. The van der Waals surface area contributed by atoms with Crippen molar-refractivity contribution in [2.45, 2.75) is 39.3 Å². The van der Waals surface area contributed by atoms with Crippen LogP contribution in [-0.4, -0.2) is 46.3 Å². The third kappa shape index (κ3) is 7.15. The largest absolute Gasteiger partial charge is 0.467 e. The molecule has 0 bridgehead atoms. The third-order valence-corrected chi connectivity index (χ3v) is 4.79. The summed E-state index contributed by atoms with van der Waals surface area (Å²) in [4.78, 5) is 38.1. The molecule has 3 aromatic rings. The number of fused-ring (bicyclic) bond motifs is 1. The first-order valence-corrected chi connectivity index (χ1v) is 10.5. The zero-order valence-corrected chi connectivity index (χ0v) is 18.2. The maximum atomic E-state index is 12.1. The molecule has 5 N–H and O–H groups in total. The standard InChI is InChI=1S/C22H28N6O4/c1-14-5-6-18-16(10-14)11-17(26-18)12-24-22(31)25-15(2)4-3-9-23-20(30)13-32-21-8-7-19(29)27-28-21/h5-8,10-11,15,26H,3-4,9,12-13H2,1-2H3,(H,23,30)(H,27,29)(H2,24,25,31)/t15-/m0/s1. The summed E-state index contributed by atoms with van der Waals surface area (Å²) in [7, 11) is 0. The zero-order chi connectivity index (χ0) is 22.9. The van der Waals surface area contributed by atoms with Crippen molar-refractivity contribution in [3.05, 3.63) is 58.0 Å². The minimum absolute atomic E-state index is 0.0427. The molecule has 0 aliphatic heterocycles. The first-order valence-electron chi connectivity index (χ1n) is 10.5. The number of aromatic amines is 2. The molecule has 0 aliphatic carbocycles. The zero-order valence-electron chi connectivity index (χ0n) is 18.2. The van der Waals surface area contributed by atoms with E-state index in [2.05, 4.69) is 37.2 Å². The van der Waals surface area contributed by atoms with Crippen LogP contribution in [0.3, 0.4) is 0 Å². The molecule has 0 spiro atoms. The highest BCUT2D eigenvalue weighted by atomic mass is 16.5. The van der Waals surface area contributed by atoms with Gasteiger partial charge in [-0.15, -0.1) is 5.10 Å². The second-order valence-electron chi connectivity index (χ2n) is 7.65. The molecule has 0 fully saturated rings. The van der Waals surface area contributed by atoms with Gasteiger partial charge in [0.05, 0.1) is 6.54 Å². The molecule has 32 heavy (non-hydrogen) atoms. The van der Waals surface area contributed by atoms with Gasteiger partial charge in [-0.1, -0.05) is 11.6 Å². The summed E-state index contributed by atoms with van der Waals surface area (Å²) < 4.78 is 5.18. The van der Waals surface area contributed by atoms with Crippen LogP contribution in [0.1, 0.15) is 31.0 Å². The minimum Gasteiger partial charge on any atom is -0.467 e. The van der Waals surface area contributed by atoms with E-state index < -0.39 is 0 Å². The van der Waals surface area contributed by atoms with Gasteiger partial charge >= 0.3 is 6.03 Å². The Kier molecular flexibility index (Phi) is 7.85. The Balaban J connectivity index is 1.28. The topological polar surface area (TPSA) is 141 Å². The van der Waals surface area contributed by atoms with Crippen molar-refractivity contribution in [3.8, 4) is 5.88 Å². The summed E-state index contributed by atoms with van der Waals surface area (Å²) in [6.45, 7) is 4.64. The maximum Gasteiger partial charge on any atom is 0.315 e. The fourth-order valence-corrected chi connectivity index (χ4v) is 3.17. The number of hydrogen-bond donors (Lipinski definition) is 5. The number of H-pyrrole nitrogens is 2. The summed E-state index contributed by atoms with van der Waals surface area (Å²) in [5.41, 5.74) is 2.84. The van der Waals surface area contributed by atoms with Gasteiger partial charge in [0.25, 0.3) is 11.5 Å². The summed E-state index contributed by atoms with van der Waals surface area (Å²) in [6.07, 6.45) is 1.41. The summed E-state index contributed by atoms with van der Waals surface area (Å²) in [5, 5.41) is 15.5. The number of aromatic nitrogens is 3. The lowest BCUT2D eigenvalue weighted by Gasteiger charge is -2.14. The van der Waals surface area contributed by atoms with Crippen LogP contribution < -0.4 is 26.2 Å². The SMILES string of the molecule is Cc1ccc2[nH]c(CNC(=O)N[C@@H](C)CCCNC(=O)COc3ccc(=O)[nH]n3)cc2c1. The number of benzene rings is 1. The number of hydrogen-bond acceptors (Lipinski definition) is 5. The number of nitrogens with zero attached hydrogens (tertiary/aromatic N) is 1. The van der Waals surface area contributed by atoms with E-state index in [0.29, 0.717) is 25.9 Å². The molecule has 170 valence electrons. The average Bonchev–Trinajstić information content (AvgIpc) is 3.17. The van der Waals surface area contributed by atoms with Crippen molar-refractivity contribution in [2.24, 2.45) is 0 Å². The first kappa shape index (κ1) is 22.9. The van der Waals surface area contributed by atoms with Crippen LogP contribution in [0.15, 0.2) is 41.2 Å². The van der Waals surface area contributed by atoms with Crippen LogP contribution in [0.2, 0.25) is 0 Å². The third-order valence-electron chi connectivity index (χ3n) is 4.79. The van der Waals surface area contributed by atoms with E-state index in [4.69, 9.17) is 4.74 Å². The molecule has 10 heteroatoms. The molecule has 3 rings (SSSR count). The Morgan fingerprint density at radius 3 is 2.78 bits per heavy atom. The quantitative estimate of drug-likeness (QED) is 0.305. The highest BCUT2D eigenvalue weighted by molar-refractivity contribution is 5.81. The summed E-state index contributed by atoms with van der Waals surface area (Å²) >= 11 is 0. The number of carbonyl (C=O) groups is 2. The van der Waals surface area contributed by atoms with Crippen LogP contribution in [0.25, 0.3) is 10.9 Å². The van der Waals surface area contributed by atoms with Gasteiger partial charge in [0.2, 0.25) is 5.88 Å². The van der Waals surface area contributed by atoms with Gasteiger partial charge < -0.3 is 25.7 Å². The molecule has 0 radical (unpaired) electrons. The van der Waals surface area contributed by atoms with Crippen LogP contribution in [0.5, 0.6) is 5.88 Å². The molecule has 10 nitrogen and oxygen atoms in total.